The molecule has 0 aromatic heterocycles. The molecule has 4 aliphatic carbocycles. The molecule has 5 heteroatoms. The molecule has 0 radical (unpaired) electrons. The summed E-state index contributed by atoms with van der Waals surface area (Å²) in [6.07, 6.45) is 14.0. The van der Waals surface area contributed by atoms with Crippen molar-refractivity contribution in [3.05, 3.63) is 48.0 Å². The van der Waals surface area contributed by atoms with Crippen LogP contribution in [0.15, 0.2) is 52.9 Å². The highest BCUT2D eigenvalue weighted by atomic mass is 32.2. The van der Waals surface area contributed by atoms with Crippen molar-refractivity contribution in [3.8, 4) is 0 Å². The Bertz CT molecular complexity index is 1530. The lowest BCUT2D eigenvalue weighted by molar-refractivity contribution is -0.0612. The van der Waals surface area contributed by atoms with E-state index in [4.69, 9.17) is 0 Å². The zero-order valence-electron chi connectivity index (χ0n) is 28.4. The fourth-order valence-corrected chi connectivity index (χ4v) is 12.8. The van der Waals surface area contributed by atoms with Gasteiger partial charge in [0.15, 0.2) is 4.93 Å². The van der Waals surface area contributed by atoms with E-state index in [1.165, 1.54) is 50.5 Å². The summed E-state index contributed by atoms with van der Waals surface area (Å²) in [6, 6.07) is 11.3. The van der Waals surface area contributed by atoms with Crippen molar-refractivity contribution in [2.24, 2.45) is 46.3 Å². The highest BCUT2D eigenvalue weighted by Crippen LogP contribution is 2.68. The van der Waals surface area contributed by atoms with Gasteiger partial charge in [0.1, 0.15) is 0 Å². The molecule has 6 rings (SSSR count). The number of rotatable bonds is 8. The Balaban J connectivity index is 1.25. The van der Waals surface area contributed by atoms with Crippen LogP contribution in [0.3, 0.4) is 0 Å². The van der Waals surface area contributed by atoms with E-state index >= 15 is 0 Å². The van der Waals surface area contributed by atoms with Gasteiger partial charge in [-0.15, -0.1) is 0 Å². The number of sulfone groups is 1. The molecule has 4 nitrogen and oxygen atoms in total. The highest BCUT2D eigenvalue weighted by molar-refractivity contribution is 7.92. The van der Waals surface area contributed by atoms with Gasteiger partial charge in [-0.1, -0.05) is 89.8 Å². The second-order valence-electron chi connectivity index (χ2n) is 16.4. The van der Waals surface area contributed by atoms with Crippen molar-refractivity contribution in [1.29, 1.82) is 0 Å². The maximum atomic E-state index is 14.4. The molecular weight excluding hydrogens is 563 g/mol. The Morgan fingerprint density at radius 1 is 0.909 bits per heavy atom. The van der Waals surface area contributed by atoms with Gasteiger partial charge in [0.05, 0.1) is 4.90 Å². The van der Waals surface area contributed by atoms with Crippen molar-refractivity contribution in [3.63, 3.8) is 0 Å². The topological polar surface area (TPSA) is 57.6 Å². The van der Waals surface area contributed by atoms with Gasteiger partial charge in [-0.25, -0.2) is 8.42 Å². The number of allylic oxidation sites excluding steroid dienone is 1. The van der Waals surface area contributed by atoms with E-state index in [1.807, 2.05) is 49.3 Å². The standard InChI is InChI=1S/C39H57NO3S/c1-26(2)11-8-12-27(3)32-19-20-33-31-18-17-28-25-39(41,24-23-37(28,4)34(31)21-22-38(32,33)5)44(42,43)36-16-10-13-29-30(36)14-9-15-35(29)40(6)7/h9-10,13-17,26-27,31-34,41H,8,11-12,18-25H2,1-7H3/t27-,31+,32-,33+,34+,37+,38-,39?/m1/s1. The minimum Gasteiger partial charge on any atom is -0.377 e. The summed E-state index contributed by atoms with van der Waals surface area (Å²) in [4.78, 5) is 0.491. The maximum Gasteiger partial charge on any atom is 0.208 e. The molecule has 0 saturated heterocycles. The molecule has 0 bridgehead atoms. The summed E-state index contributed by atoms with van der Waals surface area (Å²) >= 11 is 0. The average Bonchev–Trinajstić information content (AvgIpc) is 3.34. The Kier molecular flexibility index (Phi) is 8.35. The first-order valence-corrected chi connectivity index (χ1v) is 19.1. The van der Waals surface area contributed by atoms with Crippen LogP contribution in [-0.2, 0) is 9.84 Å². The van der Waals surface area contributed by atoms with Gasteiger partial charge in [-0.05, 0) is 103 Å². The normalized spacial score (nSPS) is 36.0. The molecular formula is C39H57NO3S. The third kappa shape index (κ3) is 4.98. The molecule has 2 aromatic rings. The molecule has 242 valence electrons. The zero-order valence-corrected chi connectivity index (χ0v) is 29.2. The number of aliphatic hydroxyl groups is 1. The summed E-state index contributed by atoms with van der Waals surface area (Å²) in [6.45, 7) is 12.3. The van der Waals surface area contributed by atoms with Gasteiger partial charge in [-0.3, -0.25) is 0 Å². The Hall–Kier alpha value is -1.85. The van der Waals surface area contributed by atoms with Gasteiger partial charge in [0.25, 0.3) is 0 Å². The lowest BCUT2D eigenvalue weighted by Gasteiger charge is -2.59. The monoisotopic (exact) mass is 619 g/mol. The second kappa shape index (κ2) is 11.4. The van der Waals surface area contributed by atoms with Crippen LogP contribution in [0.4, 0.5) is 5.69 Å². The van der Waals surface area contributed by atoms with Crippen molar-refractivity contribution in [1.82, 2.24) is 0 Å². The molecule has 4 aliphatic rings. The number of hydrogen-bond donors (Lipinski definition) is 1. The number of fused-ring (bicyclic) bond motifs is 6. The first-order chi connectivity index (χ1) is 20.7. The van der Waals surface area contributed by atoms with Crippen LogP contribution in [0.25, 0.3) is 10.8 Å². The maximum absolute atomic E-state index is 14.4. The summed E-state index contributed by atoms with van der Waals surface area (Å²) in [7, 11) is -0.0460. The third-order valence-electron chi connectivity index (χ3n) is 13.5. The molecule has 1 unspecified atom stereocenters. The van der Waals surface area contributed by atoms with Crippen LogP contribution >= 0.6 is 0 Å². The number of benzene rings is 2. The summed E-state index contributed by atoms with van der Waals surface area (Å²) in [5.74, 6) is 4.44. The van der Waals surface area contributed by atoms with Crippen molar-refractivity contribution >= 4 is 26.3 Å². The lowest BCUT2D eigenvalue weighted by atomic mass is 9.47. The molecule has 8 atom stereocenters. The minimum atomic E-state index is -4.00. The molecule has 0 heterocycles. The predicted octanol–water partition coefficient (Wildman–Crippen LogP) is 9.41. The van der Waals surface area contributed by atoms with Crippen LogP contribution in [0.2, 0.25) is 0 Å². The number of hydrogen-bond acceptors (Lipinski definition) is 4. The quantitative estimate of drug-likeness (QED) is 0.299. The first-order valence-electron chi connectivity index (χ1n) is 17.6. The Morgan fingerprint density at radius 3 is 2.36 bits per heavy atom. The van der Waals surface area contributed by atoms with Crippen LogP contribution < -0.4 is 4.90 Å². The molecule has 0 aliphatic heterocycles. The molecule has 1 N–H and O–H groups in total. The SMILES string of the molecule is CC(C)CCC[C@@H](C)[C@H]1CC[C@H]2[C@@H]3CC=C4CC(O)(S(=O)(=O)c5cccc6c(N(C)C)cccc56)CC[C@]4(C)[C@H]3CC[C@]12C. The molecule has 44 heavy (non-hydrogen) atoms. The molecule has 0 spiro atoms. The summed E-state index contributed by atoms with van der Waals surface area (Å²) in [5.41, 5.74) is 2.58. The van der Waals surface area contributed by atoms with Gasteiger partial charge in [-0.2, -0.15) is 0 Å². The summed E-state index contributed by atoms with van der Waals surface area (Å²) in [5, 5.41) is 13.7. The molecule has 3 saturated carbocycles. The van der Waals surface area contributed by atoms with Crippen molar-refractivity contribution < 1.29 is 13.5 Å². The molecule has 2 aromatic carbocycles. The van der Waals surface area contributed by atoms with Gasteiger partial charge in [0, 0.05) is 37.0 Å². The van der Waals surface area contributed by atoms with Gasteiger partial charge in [0.2, 0.25) is 9.84 Å². The second-order valence-corrected chi connectivity index (χ2v) is 18.6. The van der Waals surface area contributed by atoms with E-state index in [0.29, 0.717) is 29.1 Å². The average molecular weight is 620 g/mol. The Labute approximate surface area is 267 Å². The van der Waals surface area contributed by atoms with E-state index in [-0.39, 0.29) is 16.7 Å². The number of nitrogens with zero attached hydrogens (tertiary/aromatic N) is 1. The van der Waals surface area contributed by atoms with Crippen LogP contribution in [-0.4, -0.2) is 32.6 Å². The fourth-order valence-electron chi connectivity index (χ4n) is 11.0. The van der Waals surface area contributed by atoms with Crippen LogP contribution in [0.5, 0.6) is 0 Å². The van der Waals surface area contributed by atoms with E-state index in [2.05, 4.69) is 40.7 Å². The smallest absolute Gasteiger partial charge is 0.208 e. The molecule has 0 amide bonds. The zero-order chi connectivity index (χ0) is 31.7. The lowest BCUT2D eigenvalue weighted by Crippen LogP contribution is -2.53. The fraction of sp³-hybridized carbons (Fsp3) is 0.692. The summed E-state index contributed by atoms with van der Waals surface area (Å²) < 4.78 is 28.8. The van der Waals surface area contributed by atoms with Crippen molar-refractivity contribution in [2.75, 3.05) is 19.0 Å². The Morgan fingerprint density at radius 2 is 1.64 bits per heavy atom. The molecule has 3 fully saturated rings. The number of anilines is 1. The third-order valence-corrected chi connectivity index (χ3v) is 15.7. The minimum absolute atomic E-state index is 0.0240. The highest BCUT2D eigenvalue weighted by Gasteiger charge is 2.61. The van der Waals surface area contributed by atoms with E-state index < -0.39 is 14.8 Å². The van der Waals surface area contributed by atoms with Gasteiger partial charge < -0.3 is 10.0 Å². The van der Waals surface area contributed by atoms with E-state index in [1.54, 1.807) is 6.07 Å². The van der Waals surface area contributed by atoms with Crippen LogP contribution in [0.1, 0.15) is 105 Å². The first kappa shape index (κ1) is 32.1. The van der Waals surface area contributed by atoms with E-state index in [9.17, 15) is 13.5 Å². The largest absolute Gasteiger partial charge is 0.377 e. The van der Waals surface area contributed by atoms with Crippen molar-refractivity contribution in [2.45, 2.75) is 115 Å². The van der Waals surface area contributed by atoms with Crippen LogP contribution in [0, 0.1) is 46.3 Å². The predicted molar refractivity (Wildman–Crippen MR) is 183 cm³/mol. The van der Waals surface area contributed by atoms with Gasteiger partial charge >= 0.3 is 0 Å². The van der Waals surface area contributed by atoms with E-state index in [0.717, 1.165) is 47.6 Å².